The predicted octanol–water partition coefficient (Wildman–Crippen LogP) is -0.223. The molecule has 0 fully saturated rings. The number of aliphatic hydroxyl groups excluding tert-OH is 2. The van der Waals surface area contributed by atoms with E-state index >= 15 is 0 Å². The van der Waals surface area contributed by atoms with Crippen LogP contribution in [0.4, 0.5) is 0 Å². The molecule has 96 valence electrons. The Morgan fingerprint density at radius 1 is 1.31 bits per heavy atom. The minimum Gasteiger partial charge on any atom is -0.390 e. The van der Waals surface area contributed by atoms with Gasteiger partial charge in [0.1, 0.15) is 12.1 Å². The quantitative estimate of drug-likeness (QED) is 0.426. The van der Waals surface area contributed by atoms with Gasteiger partial charge in [-0.3, -0.25) is 4.55 Å². The lowest BCUT2D eigenvalue weighted by Gasteiger charge is -2.24. The third kappa shape index (κ3) is 4.97. The van der Waals surface area contributed by atoms with Crippen molar-refractivity contribution in [2.75, 3.05) is 5.75 Å². The first-order chi connectivity index (χ1) is 7.22. The van der Waals surface area contributed by atoms with E-state index in [1.54, 1.807) is 6.92 Å². The highest BCUT2D eigenvalue weighted by molar-refractivity contribution is 7.85. The van der Waals surface area contributed by atoms with Crippen molar-refractivity contribution >= 4 is 10.1 Å². The normalized spacial score (nSPS) is 19.8. The predicted molar refractivity (Wildman–Crippen MR) is 57.5 cm³/mol. The van der Waals surface area contributed by atoms with Crippen LogP contribution in [0.15, 0.2) is 5.18 Å². The van der Waals surface area contributed by atoms with Gasteiger partial charge in [-0.2, -0.15) is 13.3 Å². The second-order valence-corrected chi connectivity index (χ2v) is 5.29. The van der Waals surface area contributed by atoms with Crippen LogP contribution in [0.2, 0.25) is 0 Å². The summed E-state index contributed by atoms with van der Waals surface area (Å²) in [6, 6.07) is -1.27. The number of nitroso groups, excluding NO2 is 1. The highest BCUT2D eigenvalue weighted by Gasteiger charge is 2.33. The number of hydrogen-bond acceptors (Lipinski definition) is 6. The highest BCUT2D eigenvalue weighted by atomic mass is 32.2. The molecule has 0 saturated carbocycles. The van der Waals surface area contributed by atoms with Gasteiger partial charge < -0.3 is 10.2 Å². The van der Waals surface area contributed by atoms with Crippen LogP contribution in [-0.4, -0.2) is 47.2 Å². The summed E-state index contributed by atoms with van der Waals surface area (Å²) in [4.78, 5) is 10.5. The van der Waals surface area contributed by atoms with Crippen LogP contribution in [0.25, 0.3) is 0 Å². The van der Waals surface area contributed by atoms with Crippen LogP contribution in [0.3, 0.4) is 0 Å². The lowest BCUT2D eigenvalue weighted by atomic mass is 9.95. The molecular formula is C8H17NO6S. The van der Waals surface area contributed by atoms with Gasteiger partial charge in [-0.15, -0.1) is 0 Å². The van der Waals surface area contributed by atoms with Gasteiger partial charge in [0.15, 0.2) is 0 Å². The van der Waals surface area contributed by atoms with Gasteiger partial charge in [0.25, 0.3) is 10.1 Å². The molecule has 0 saturated heterocycles. The van der Waals surface area contributed by atoms with Crippen molar-refractivity contribution in [3.63, 3.8) is 0 Å². The minimum atomic E-state index is -4.24. The van der Waals surface area contributed by atoms with Gasteiger partial charge in [-0.25, -0.2) is 0 Å². The molecule has 3 N–H and O–H groups in total. The smallest absolute Gasteiger partial charge is 0.265 e. The van der Waals surface area contributed by atoms with Gasteiger partial charge in [0, 0.05) is 5.92 Å². The second kappa shape index (κ2) is 6.24. The lowest BCUT2D eigenvalue weighted by Crippen LogP contribution is -2.41. The fourth-order valence-corrected chi connectivity index (χ4v) is 2.26. The maximum Gasteiger partial charge on any atom is 0.265 e. The average Bonchev–Trinajstić information content (AvgIpc) is 2.14. The molecule has 0 bridgehead atoms. The lowest BCUT2D eigenvalue weighted by molar-refractivity contribution is -0.00595. The molecule has 4 atom stereocenters. The fourth-order valence-electron chi connectivity index (χ4n) is 1.40. The Bertz CT molecular complexity index is 316. The molecule has 0 amide bonds. The van der Waals surface area contributed by atoms with Crippen molar-refractivity contribution in [2.45, 2.75) is 38.5 Å². The number of rotatable bonds is 7. The first kappa shape index (κ1) is 15.4. The van der Waals surface area contributed by atoms with Crippen LogP contribution in [0, 0.1) is 10.8 Å². The molecule has 0 aromatic carbocycles. The zero-order chi connectivity index (χ0) is 12.9. The van der Waals surface area contributed by atoms with Crippen LogP contribution in [0.5, 0.6) is 0 Å². The maximum absolute atomic E-state index is 10.6. The molecule has 0 aliphatic heterocycles. The first-order valence-electron chi connectivity index (χ1n) is 4.86. The highest BCUT2D eigenvalue weighted by Crippen LogP contribution is 2.17. The Morgan fingerprint density at radius 3 is 2.12 bits per heavy atom. The Balaban J connectivity index is 4.66. The minimum absolute atomic E-state index is 0.214. The van der Waals surface area contributed by atoms with E-state index in [-0.39, 0.29) is 6.42 Å². The van der Waals surface area contributed by atoms with Crippen molar-refractivity contribution in [1.82, 2.24) is 0 Å². The van der Waals surface area contributed by atoms with E-state index in [1.807, 2.05) is 0 Å². The Kier molecular flexibility index (Phi) is 6.01. The summed E-state index contributed by atoms with van der Waals surface area (Å²) in [6.07, 6.45) is -2.36. The van der Waals surface area contributed by atoms with Gasteiger partial charge in [0.2, 0.25) is 0 Å². The summed E-state index contributed by atoms with van der Waals surface area (Å²) < 4.78 is 29.8. The van der Waals surface area contributed by atoms with E-state index in [2.05, 4.69) is 5.18 Å². The summed E-state index contributed by atoms with van der Waals surface area (Å²) in [5.41, 5.74) is 0. The van der Waals surface area contributed by atoms with E-state index in [0.717, 1.165) is 0 Å². The molecule has 0 aliphatic carbocycles. The molecular weight excluding hydrogens is 238 g/mol. The number of hydrogen-bond donors (Lipinski definition) is 3. The van der Waals surface area contributed by atoms with Crippen LogP contribution in [0.1, 0.15) is 20.3 Å². The third-order valence-corrected chi connectivity index (χ3v) is 3.29. The summed E-state index contributed by atoms with van der Waals surface area (Å²) in [5.74, 6) is -1.56. The van der Waals surface area contributed by atoms with Crippen molar-refractivity contribution < 1.29 is 23.2 Å². The molecule has 0 aliphatic rings. The Labute approximate surface area is 94.2 Å². The van der Waals surface area contributed by atoms with Crippen molar-refractivity contribution in [3.8, 4) is 0 Å². The molecule has 0 radical (unpaired) electrons. The maximum atomic E-state index is 10.6. The zero-order valence-electron chi connectivity index (χ0n) is 9.15. The zero-order valence-corrected chi connectivity index (χ0v) is 9.96. The Morgan fingerprint density at radius 2 is 1.81 bits per heavy atom. The van der Waals surface area contributed by atoms with Gasteiger partial charge in [-0.05, 0) is 6.42 Å². The molecule has 7 nitrogen and oxygen atoms in total. The summed E-state index contributed by atoms with van der Waals surface area (Å²) in [6.45, 7) is 2.95. The topological polar surface area (TPSA) is 124 Å². The van der Waals surface area contributed by atoms with E-state index in [1.165, 1.54) is 6.92 Å². The van der Waals surface area contributed by atoms with Gasteiger partial charge in [0.05, 0.1) is 11.9 Å². The fraction of sp³-hybridized carbons (Fsp3) is 1.00. The van der Waals surface area contributed by atoms with E-state index in [0.29, 0.717) is 0 Å². The van der Waals surface area contributed by atoms with E-state index in [9.17, 15) is 23.5 Å². The van der Waals surface area contributed by atoms with Crippen LogP contribution < -0.4 is 0 Å². The monoisotopic (exact) mass is 255 g/mol. The number of aliphatic hydroxyl groups is 2. The molecule has 0 aromatic heterocycles. The first-order valence-corrected chi connectivity index (χ1v) is 6.47. The molecule has 0 aromatic rings. The van der Waals surface area contributed by atoms with Crippen molar-refractivity contribution in [3.05, 3.63) is 4.91 Å². The molecule has 0 heterocycles. The summed E-state index contributed by atoms with van der Waals surface area (Å²) in [7, 11) is -4.24. The van der Waals surface area contributed by atoms with Crippen molar-refractivity contribution in [1.29, 1.82) is 0 Å². The standard InChI is InChI=1S/C8H17NO6S/c1-3-6(10)8(11)7(9-12)5(2)4-16(13,14)15/h5-8,10-11H,3-4H2,1-2H3,(H,13,14,15)/t5?,6?,7-,8?/m1/s1. The van der Waals surface area contributed by atoms with E-state index < -0.39 is 40.0 Å². The van der Waals surface area contributed by atoms with E-state index in [4.69, 9.17) is 4.55 Å². The van der Waals surface area contributed by atoms with Gasteiger partial charge in [-0.1, -0.05) is 19.0 Å². The SMILES string of the molecule is CCC(O)C(O)[C@H](N=O)C(C)CS(=O)(=O)O. The largest absolute Gasteiger partial charge is 0.390 e. The summed E-state index contributed by atoms with van der Waals surface area (Å²) >= 11 is 0. The van der Waals surface area contributed by atoms with Crippen LogP contribution in [-0.2, 0) is 10.1 Å². The Hall–Kier alpha value is -0.570. The molecule has 3 unspecified atom stereocenters. The van der Waals surface area contributed by atoms with Crippen molar-refractivity contribution in [2.24, 2.45) is 11.1 Å². The second-order valence-electron chi connectivity index (χ2n) is 3.79. The van der Waals surface area contributed by atoms with Crippen LogP contribution >= 0.6 is 0 Å². The molecule has 16 heavy (non-hydrogen) atoms. The number of nitrogens with zero attached hydrogens (tertiary/aromatic N) is 1. The summed E-state index contributed by atoms with van der Waals surface area (Å²) in [5, 5.41) is 21.4. The molecule has 0 spiro atoms. The third-order valence-electron chi connectivity index (χ3n) is 2.34. The van der Waals surface area contributed by atoms with Gasteiger partial charge >= 0.3 is 0 Å². The molecule has 0 rings (SSSR count). The average molecular weight is 255 g/mol. The molecule has 8 heteroatoms.